The van der Waals surface area contributed by atoms with Gasteiger partial charge in [-0.1, -0.05) is 13.8 Å². The number of amides is 5. The molecule has 19 heteroatoms. The maximum Gasteiger partial charge on any atom is 0.322 e. The summed E-state index contributed by atoms with van der Waals surface area (Å²) in [6.45, 7) is 3.94. The molecule has 13 N–H and O–H groups in total. The number of rotatable bonds is 19. The molecule has 0 rings (SSSR count). The van der Waals surface area contributed by atoms with Crippen LogP contribution < -0.4 is 43.8 Å². The Kier molecular flexibility index (Phi) is 18.2. The predicted octanol–water partition coefficient (Wildman–Crippen LogP) is -4.60. The molecular weight excluding hydrogens is 594 g/mol. The van der Waals surface area contributed by atoms with E-state index >= 15 is 0 Å². The van der Waals surface area contributed by atoms with Crippen LogP contribution in [-0.4, -0.2) is 113 Å². The highest BCUT2D eigenvalue weighted by molar-refractivity contribution is 7.80. The van der Waals surface area contributed by atoms with Gasteiger partial charge in [0.25, 0.3) is 0 Å². The summed E-state index contributed by atoms with van der Waals surface area (Å²) in [6.07, 6.45) is -1.06. The van der Waals surface area contributed by atoms with E-state index in [2.05, 4.69) is 56.8 Å². The van der Waals surface area contributed by atoms with Crippen molar-refractivity contribution in [2.75, 3.05) is 24.6 Å². The number of carboxylic acids is 1. The Morgan fingerprint density at radius 2 is 1.33 bits per heavy atom. The number of hydrogen-bond donors (Lipinski definition) is 12. The van der Waals surface area contributed by atoms with Gasteiger partial charge in [-0.25, -0.2) is 0 Å². The molecular formula is C23H43N9O8S2. The van der Waals surface area contributed by atoms with Crippen molar-refractivity contribution in [2.24, 2.45) is 28.1 Å². The predicted molar refractivity (Wildman–Crippen MR) is 160 cm³/mol. The zero-order chi connectivity index (χ0) is 32.6. The maximum atomic E-state index is 13.2. The fraction of sp³-hybridized carbons (Fsp3) is 0.696. The number of aliphatic imine (C=N–C) groups is 1. The van der Waals surface area contributed by atoms with E-state index in [1.807, 2.05) is 0 Å². The number of aliphatic hydroxyl groups excluding tert-OH is 1. The van der Waals surface area contributed by atoms with Crippen LogP contribution in [0, 0.1) is 5.92 Å². The van der Waals surface area contributed by atoms with E-state index in [-0.39, 0.29) is 30.4 Å². The Morgan fingerprint density at radius 3 is 1.81 bits per heavy atom. The Balaban J connectivity index is 5.70. The highest BCUT2D eigenvalue weighted by Crippen LogP contribution is 2.07. The van der Waals surface area contributed by atoms with Gasteiger partial charge in [-0.05, 0) is 25.7 Å². The number of nitrogens with one attached hydrogen (secondary N) is 5. The molecule has 0 aliphatic carbocycles. The van der Waals surface area contributed by atoms with Crippen LogP contribution in [0.1, 0.15) is 33.6 Å². The van der Waals surface area contributed by atoms with Crippen molar-refractivity contribution in [3.63, 3.8) is 0 Å². The molecule has 0 heterocycles. The van der Waals surface area contributed by atoms with E-state index in [4.69, 9.17) is 22.3 Å². The minimum Gasteiger partial charge on any atom is -0.480 e. The lowest BCUT2D eigenvalue weighted by atomic mass is 10.0. The minimum absolute atomic E-state index is 0.0172. The van der Waals surface area contributed by atoms with Crippen LogP contribution in [0.4, 0.5) is 0 Å². The minimum atomic E-state index is -1.56. The number of hydrogen-bond acceptors (Lipinski definition) is 11. The smallest absolute Gasteiger partial charge is 0.322 e. The summed E-state index contributed by atoms with van der Waals surface area (Å²) in [5.74, 6) is -6.16. The standard InChI is InChI=1S/C23H43N9O8S2/c1-10(2)16(31-20(38)13(5-4-6-27-23(25)26)29-18(36)12(24)8-41)21(39)32-17(11(3)33)22(40)30-14(9-42)19(37)28-7-15(34)35/h10-14,16-17,33,41-42H,4-9,24H2,1-3H3,(H,28,37)(H,29,36)(H,30,40)(H,31,38)(H,32,39)(H,34,35)(H4,25,26,27)/t11-,12+,13+,14+,16+,17+/m1/s1. The van der Waals surface area contributed by atoms with Crippen LogP contribution in [0.3, 0.4) is 0 Å². The fourth-order valence-corrected chi connectivity index (χ4v) is 3.74. The molecule has 0 aromatic heterocycles. The molecule has 0 aromatic carbocycles. The summed E-state index contributed by atoms with van der Waals surface area (Å²) in [5, 5.41) is 30.8. The molecule has 0 fully saturated rings. The first-order valence-electron chi connectivity index (χ1n) is 13.0. The zero-order valence-electron chi connectivity index (χ0n) is 23.7. The normalized spacial score (nSPS) is 15.1. The lowest BCUT2D eigenvalue weighted by molar-refractivity contribution is -0.138. The number of carboxylic acid groups (broad SMARTS) is 1. The number of nitrogens with zero attached hydrogens (tertiary/aromatic N) is 1. The van der Waals surface area contributed by atoms with Crippen LogP contribution in [0.15, 0.2) is 4.99 Å². The molecule has 0 aliphatic rings. The molecule has 0 saturated carbocycles. The Hall–Kier alpha value is -3.29. The number of thiol groups is 2. The van der Waals surface area contributed by atoms with Gasteiger partial charge in [0.15, 0.2) is 5.96 Å². The second-order valence-electron chi connectivity index (χ2n) is 9.61. The molecule has 0 aliphatic heterocycles. The van der Waals surface area contributed by atoms with Gasteiger partial charge < -0.3 is 54.0 Å². The SMILES string of the molecule is CC(C)[C@H](NC(=O)[C@H](CCCN=C(N)N)NC(=O)[C@@H](N)CS)C(=O)N[C@H](C(=O)N[C@@H](CS)C(=O)NCC(=O)O)[C@@H](C)O. The molecule has 0 aromatic rings. The zero-order valence-corrected chi connectivity index (χ0v) is 25.5. The molecule has 240 valence electrons. The molecule has 6 atom stereocenters. The Bertz CT molecular complexity index is 980. The van der Waals surface area contributed by atoms with Gasteiger partial charge in [0, 0.05) is 18.1 Å². The third kappa shape index (κ3) is 14.6. The van der Waals surface area contributed by atoms with Gasteiger partial charge in [-0.2, -0.15) is 25.3 Å². The van der Waals surface area contributed by atoms with Crippen molar-refractivity contribution in [3.05, 3.63) is 0 Å². The number of aliphatic carboxylic acids is 1. The lowest BCUT2D eigenvalue weighted by Gasteiger charge is -2.29. The van der Waals surface area contributed by atoms with Crippen molar-refractivity contribution in [1.82, 2.24) is 26.6 Å². The molecule has 42 heavy (non-hydrogen) atoms. The highest BCUT2D eigenvalue weighted by Gasteiger charge is 2.34. The topological polar surface area (TPSA) is 293 Å². The lowest BCUT2D eigenvalue weighted by Crippen LogP contribution is -2.62. The molecule has 0 unspecified atom stereocenters. The van der Waals surface area contributed by atoms with E-state index in [1.54, 1.807) is 13.8 Å². The molecule has 0 saturated heterocycles. The second kappa shape index (κ2) is 19.8. The number of nitrogens with two attached hydrogens (primary N) is 3. The summed E-state index contributed by atoms with van der Waals surface area (Å²) in [7, 11) is 0. The van der Waals surface area contributed by atoms with Gasteiger partial charge in [0.05, 0.1) is 12.1 Å². The number of carbonyl (C=O) groups is 6. The van der Waals surface area contributed by atoms with E-state index in [1.165, 1.54) is 6.92 Å². The van der Waals surface area contributed by atoms with Crippen LogP contribution >= 0.6 is 25.3 Å². The summed E-state index contributed by atoms with van der Waals surface area (Å²) in [6, 6.07) is -6.17. The van der Waals surface area contributed by atoms with Crippen LogP contribution in [0.2, 0.25) is 0 Å². The van der Waals surface area contributed by atoms with Crippen molar-refractivity contribution in [3.8, 4) is 0 Å². The number of aliphatic hydroxyl groups is 1. The molecule has 0 spiro atoms. The fourth-order valence-electron chi connectivity index (χ4n) is 3.31. The first kappa shape index (κ1) is 38.7. The van der Waals surface area contributed by atoms with Crippen LogP contribution in [0.25, 0.3) is 0 Å². The molecule has 5 amide bonds. The second-order valence-corrected chi connectivity index (χ2v) is 10.3. The monoisotopic (exact) mass is 637 g/mol. The first-order valence-corrected chi connectivity index (χ1v) is 14.2. The van der Waals surface area contributed by atoms with Gasteiger partial charge in [-0.15, -0.1) is 0 Å². The largest absolute Gasteiger partial charge is 0.480 e. The average molecular weight is 638 g/mol. The number of carbonyl (C=O) groups excluding carboxylic acids is 5. The van der Waals surface area contributed by atoms with Crippen LogP contribution in [-0.2, 0) is 28.8 Å². The number of guanidine groups is 1. The Morgan fingerprint density at radius 1 is 0.786 bits per heavy atom. The van der Waals surface area contributed by atoms with Gasteiger partial charge in [0.1, 0.15) is 30.7 Å². The third-order valence-corrected chi connectivity index (χ3v) is 6.41. The summed E-state index contributed by atoms with van der Waals surface area (Å²) >= 11 is 7.96. The van der Waals surface area contributed by atoms with Crippen molar-refractivity contribution in [1.29, 1.82) is 0 Å². The average Bonchev–Trinajstić information content (AvgIpc) is 2.91. The van der Waals surface area contributed by atoms with E-state index < -0.39 is 84.3 Å². The van der Waals surface area contributed by atoms with Crippen LogP contribution in [0.5, 0.6) is 0 Å². The van der Waals surface area contributed by atoms with E-state index in [9.17, 15) is 33.9 Å². The van der Waals surface area contributed by atoms with Crippen molar-refractivity contribution in [2.45, 2.75) is 69.9 Å². The van der Waals surface area contributed by atoms with E-state index in [0.717, 1.165) is 0 Å². The van der Waals surface area contributed by atoms with Crippen molar-refractivity contribution >= 4 is 66.7 Å². The molecule has 0 radical (unpaired) electrons. The van der Waals surface area contributed by atoms with Gasteiger partial charge in [-0.3, -0.25) is 33.8 Å². The summed E-state index contributed by atoms with van der Waals surface area (Å²) in [5.41, 5.74) is 16.3. The quantitative estimate of drug-likeness (QED) is 0.0277. The molecule has 17 nitrogen and oxygen atoms in total. The molecule has 0 bridgehead atoms. The Labute approximate surface area is 254 Å². The maximum absolute atomic E-state index is 13.2. The third-order valence-electron chi connectivity index (χ3n) is 5.65. The summed E-state index contributed by atoms with van der Waals surface area (Å²) < 4.78 is 0. The first-order chi connectivity index (χ1) is 19.5. The van der Waals surface area contributed by atoms with Crippen molar-refractivity contribution < 1.29 is 39.0 Å². The van der Waals surface area contributed by atoms with Gasteiger partial charge >= 0.3 is 5.97 Å². The van der Waals surface area contributed by atoms with E-state index in [0.29, 0.717) is 6.42 Å². The summed E-state index contributed by atoms with van der Waals surface area (Å²) in [4.78, 5) is 78.3. The highest BCUT2D eigenvalue weighted by atomic mass is 32.1. The van der Waals surface area contributed by atoms with Gasteiger partial charge in [0.2, 0.25) is 29.5 Å².